The van der Waals surface area contributed by atoms with E-state index in [0.717, 1.165) is 25.7 Å². The predicted octanol–water partition coefficient (Wildman–Crippen LogP) is 2.47. The van der Waals surface area contributed by atoms with Crippen LogP contribution in [0.1, 0.15) is 59.3 Å². The van der Waals surface area contributed by atoms with Gasteiger partial charge in [0.05, 0.1) is 11.7 Å². The van der Waals surface area contributed by atoms with E-state index < -0.39 is 0 Å². The second-order valence-electron chi connectivity index (χ2n) is 6.05. The second kappa shape index (κ2) is 6.72. The molecule has 3 atom stereocenters. The fraction of sp³-hybridized carbons (Fsp3) is 1.00. The minimum Gasteiger partial charge on any atom is -0.392 e. The van der Waals surface area contributed by atoms with Gasteiger partial charge >= 0.3 is 0 Å². The second-order valence-corrected chi connectivity index (χ2v) is 6.05. The average Bonchev–Trinajstić information content (AvgIpc) is 2.44. The molecule has 3 heteroatoms. The quantitative estimate of drug-likeness (QED) is 0.729. The molecule has 0 heterocycles. The van der Waals surface area contributed by atoms with Gasteiger partial charge in [-0.15, -0.1) is 0 Å². The molecule has 0 aromatic carbocycles. The van der Waals surface area contributed by atoms with E-state index in [1.807, 2.05) is 0 Å². The number of hydrogen-bond acceptors (Lipinski definition) is 3. The molecule has 0 amide bonds. The third kappa shape index (κ3) is 5.36. The molecule has 0 saturated heterocycles. The third-order valence-corrected chi connectivity index (χ3v) is 3.83. The van der Waals surface area contributed by atoms with Crippen LogP contribution in [0.5, 0.6) is 0 Å². The van der Waals surface area contributed by atoms with Crippen molar-refractivity contribution in [2.24, 2.45) is 0 Å². The SMILES string of the molecule is COC(C)(C)CC(C)NC1CCCCCC1O. The first kappa shape index (κ1) is 14.9. The van der Waals surface area contributed by atoms with E-state index in [1.165, 1.54) is 12.8 Å². The van der Waals surface area contributed by atoms with E-state index in [9.17, 15) is 5.11 Å². The van der Waals surface area contributed by atoms with Gasteiger partial charge in [0.15, 0.2) is 0 Å². The van der Waals surface area contributed by atoms with Crippen molar-refractivity contribution in [1.82, 2.24) is 5.32 Å². The van der Waals surface area contributed by atoms with Gasteiger partial charge in [0, 0.05) is 19.2 Å². The monoisotopic (exact) mass is 243 g/mol. The van der Waals surface area contributed by atoms with Crippen molar-refractivity contribution in [1.29, 1.82) is 0 Å². The van der Waals surface area contributed by atoms with Crippen molar-refractivity contribution >= 4 is 0 Å². The first-order chi connectivity index (χ1) is 7.94. The van der Waals surface area contributed by atoms with Crippen LogP contribution in [0.2, 0.25) is 0 Å². The predicted molar refractivity (Wildman–Crippen MR) is 71.2 cm³/mol. The highest BCUT2D eigenvalue weighted by Gasteiger charge is 2.26. The van der Waals surface area contributed by atoms with Crippen LogP contribution >= 0.6 is 0 Å². The standard InChI is InChI=1S/C14H29NO2/c1-11(10-14(2,3)17-4)15-12-8-6-5-7-9-13(12)16/h11-13,15-16H,5-10H2,1-4H3. The number of aliphatic hydroxyl groups is 1. The molecule has 0 radical (unpaired) electrons. The highest BCUT2D eigenvalue weighted by molar-refractivity contribution is 4.84. The fourth-order valence-electron chi connectivity index (χ4n) is 2.73. The molecular weight excluding hydrogens is 214 g/mol. The van der Waals surface area contributed by atoms with Gasteiger partial charge in [-0.1, -0.05) is 19.3 Å². The highest BCUT2D eigenvalue weighted by Crippen LogP contribution is 2.21. The Kier molecular flexibility index (Phi) is 5.90. The lowest BCUT2D eigenvalue weighted by atomic mass is 9.97. The van der Waals surface area contributed by atoms with Crippen LogP contribution in [-0.4, -0.2) is 36.0 Å². The van der Waals surface area contributed by atoms with Crippen LogP contribution in [0.4, 0.5) is 0 Å². The molecular formula is C14H29NO2. The summed E-state index contributed by atoms with van der Waals surface area (Å²) in [5.41, 5.74) is -0.0951. The molecule has 1 aliphatic carbocycles. The lowest BCUT2D eigenvalue weighted by Gasteiger charge is -2.31. The topological polar surface area (TPSA) is 41.5 Å². The van der Waals surface area contributed by atoms with Crippen LogP contribution < -0.4 is 5.32 Å². The summed E-state index contributed by atoms with van der Waals surface area (Å²) in [5.74, 6) is 0. The van der Waals surface area contributed by atoms with E-state index in [2.05, 4.69) is 26.1 Å². The molecule has 3 unspecified atom stereocenters. The number of ether oxygens (including phenoxy) is 1. The molecule has 0 spiro atoms. The van der Waals surface area contributed by atoms with Gasteiger partial charge in [0.2, 0.25) is 0 Å². The maximum absolute atomic E-state index is 10.1. The summed E-state index contributed by atoms with van der Waals surface area (Å²) in [6.45, 7) is 6.39. The molecule has 102 valence electrons. The highest BCUT2D eigenvalue weighted by atomic mass is 16.5. The van der Waals surface area contributed by atoms with Gasteiger partial charge in [-0.2, -0.15) is 0 Å². The van der Waals surface area contributed by atoms with Gasteiger partial charge in [0.25, 0.3) is 0 Å². The van der Waals surface area contributed by atoms with Crippen molar-refractivity contribution in [3.8, 4) is 0 Å². The first-order valence-electron chi connectivity index (χ1n) is 6.94. The molecule has 3 nitrogen and oxygen atoms in total. The van der Waals surface area contributed by atoms with Gasteiger partial charge in [-0.25, -0.2) is 0 Å². The van der Waals surface area contributed by atoms with Gasteiger partial charge in [0.1, 0.15) is 0 Å². The Bertz CT molecular complexity index is 218. The lowest BCUT2D eigenvalue weighted by molar-refractivity contribution is 0.00503. The van der Waals surface area contributed by atoms with Crippen LogP contribution in [0.25, 0.3) is 0 Å². The Balaban J connectivity index is 2.40. The van der Waals surface area contributed by atoms with Crippen LogP contribution in [-0.2, 0) is 4.74 Å². The Labute approximate surface area is 106 Å². The molecule has 1 aliphatic rings. The molecule has 0 aliphatic heterocycles. The summed E-state index contributed by atoms with van der Waals surface area (Å²) < 4.78 is 5.45. The Morgan fingerprint density at radius 1 is 1.29 bits per heavy atom. The summed E-state index contributed by atoms with van der Waals surface area (Å²) in [6.07, 6.45) is 6.48. The normalized spacial score (nSPS) is 28.8. The van der Waals surface area contributed by atoms with E-state index >= 15 is 0 Å². The number of hydrogen-bond donors (Lipinski definition) is 2. The maximum Gasteiger partial charge on any atom is 0.0693 e. The Hall–Kier alpha value is -0.120. The van der Waals surface area contributed by atoms with E-state index in [1.54, 1.807) is 7.11 Å². The summed E-state index contributed by atoms with van der Waals surface area (Å²) >= 11 is 0. The third-order valence-electron chi connectivity index (χ3n) is 3.83. The Morgan fingerprint density at radius 3 is 2.59 bits per heavy atom. The Morgan fingerprint density at radius 2 is 1.94 bits per heavy atom. The zero-order valence-electron chi connectivity index (χ0n) is 11.8. The van der Waals surface area contributed by atoms with Crippen molar-refractivity contribution < 1.29 is 9.84 Å². The van der Waals surface area contributed by atoms with Crippen molar-refractivity contribution in [2.45, 2.75) is 83.1 Å². The van der Waals surface area contributed by atoms with Gasteiger partial charge < -0.3 is 15.2 Å². The number of aliphatic hydroxyl groups excluding tert-OH is 1. The summed E-state index contributed by atoms with van der Waals surface area (Å²) in [5, 5.41) is 13.6. The molecule has 0 bridgehead atoms. The van der Waals surface area contributed by atoms with E-state index in [0.29, 0.717) is 6.04 Å². The minimum absolute atomic E-state index is 0.0951. The zero-order chi connectivity index (χ0) is 12.9. The molecule has 2 N–H and O–H groups in total. The average molecular weight is 243 g/mol. The van der Waals surface area contributed by atoms with Gasteiger partial charge in [-0.05, 0) is 40.0 Å². The minimum atomic E-state index is -0.175. The summed E-state index contributed by atoms with van der Waals surface area (Å²) in [7, 11) is 1.76. The number of rotatable bonds is 5. The van der Waals surface area contributed by atoms with E-state index in [4.69, 9.17) is 4.74 Å². The van der Waals surface area contributed by atoms with Crippen molar-refractivity contribution in [3.63, 3.8) is 0 Å². The molecule has 1 saturated carbocycles. The van der Waals surface area contributed by atoms with Crippen LogP contribution in [0, 0.1) is 0 Å². The summed E-state index contributed by atoms with van der Waals surface area (Å²) in [6, 6.07) is 0.642. The van der Waals surface area contributed by atoms with Gasteiger partial charge in [-0.3, -0.25) is 0 Å². The molecule has 1 fully saturated rings. The zero-order valence-corrected chi connectivity index (χ0v) is 11.8. The van der Waals surface area contributed by atoms with Crippen molar-refractivity contribution in [2.75, 3.05) is 7.11 Å². The van der Waals surface area contributed by atoms with Crippen molar-refractivity contribution in [3.05, 3.63) is 0 Å². The molecule has 1 rings (SSSR count). The summed E-state index contributed by atoms with van der Waals surface area (Å²) in [4.78, 5) is 0. The van der Waals surface area contributed by atoms with Crippen LogP contribution in [0.15, 0.2) is 0 Å². The van der Waals surface area contributed by atoms with Crippen LogP contribution in [0.3, 0.4) is 0 Å². The van der Waals surface area contributed by atoms with E-state index in [-0.39, 0.29) is 17.7 Å². The maximum atomic E-state index is 10.1. The number of methoxy groups -OCH3 is 1. The fourth-order valence-corrected chi connectivity index (χ4v) is 2.73. The number of nitrogens with one attached hydrogen (secondary N) is 1. The largest absolute Gasteiger partial charge is 0.392 e. The molecule has 0 aromatic rings. The smallest absolute Gasteiger partial charge is 0.0693 e. The molecule has 0 aromatic heterocycles. The molecule has 17 heavy (non-hydrogen) atoms. The lowest BCUT2D eigenvalue weighted by Crippen LogP contribution is -2.46. The first-order valence-corrected chi connectivity index (χ1v) is 6.94.